The lowest BCUT2D eigenvalue weighted by Crippen LogP contribution is -2.06. The number of rotatable bonds is 0. The standard InChI is InChI=1S/C7H10N2/c1-6-3-2-4-9-7(8)5-6/h2,4-5H,3H2,1H3,(H2,8,9). The van der Waals surface area contributed by atoms with Crippen LogP contribution in [0.4, 0.5) is 0 Å². The fourth-order valence-electron chi connectivity index (χ4n) is 0.726. The molecule has 0 saturated heterocycles. The third-order valence-electron chi connectivity index (χ3n) is 1.16. The Kier molecular flexibility index (Phi) is 1.68. The molecule has 2 heteroatoms. The fraction of sp³-hybridized carbons (Fsp3) is 0.286. The van der Waals surface area contributed by atoms with Crippen molar-refractivity contribution in [2.75, 3.05) is 0 Å². The van der Waals surface area contributed by atoms with Crippen LogP contribution in [0.3, 0.4) is 0 Å². The minimum Gasteiger partial charge on any atom is -0.384 e. The number of nitrogens with zero attached hydrogens (tertiary/aromatic N) is 1. The zero-order valence-electron chi connectivity index (χ0n) is 5.46. The van der Waals surface area contributed by atoms with Gasteiger partial charge in [-0.25, -0.2) is 4.99 Å². The first-order valence-electron chi connectivity index (χ1n) is 2.94. The SMILES string of the molecule is CC1=CC(N)=NC=CC1. The first-order valence-corrected chi connectivity index (χ1v) is 2.94. The Hall–Kier alpha value is -1.05. The fourth-order valence-corrected chi connectivity index (χ4v) is 0.726. The summed E-state index contributed by atoms with van der Waals surface area (Å²) in [5.74, 6) is 0.598. The van der Waals surface area contributed by atoms with E-state index in [-0.39, 0.29) is 0 Å². The molecular weight excluding hydrogens is 112 g/mol. The summed E-state index contributed by atoms with van der Waals surface area (Å²) in [6.45, 7) is 2.04. The largest absolute Gasteiger partial charge is 0.384 e. The van der Waals surface area contributed by atoms with Gasteiger partial charge in [0.05, 0.1) is 0 Å². The molecule has 0 saturated carbocycles. The van der Waals surface area contributed by atoms with Gasteiger partial charge in [-0.05, 0) is 19.4 Å². The van der Waals surface area contributed by atoms with Crippen LogP contribution in [0.2, 0.25) is 0 Å². The molecular formula is C7H10N2. The van der Waals surface area contributed by atoms with E-state index in [1.165, 1.54) is 5.57 Å². The van der Waals surface area contributed by atoms with E-state index < -0.39 is 0 Å². The highest BCUT2D eigenvalue weighted by molar-refractivity contribution is 5.92. The molecule has 0 bridgehead atoms. The lowest BCUT2D eigenvalue weighted by molar-refractivity contribution is 1.22. The Morgan fingerprint density at radius 2 is 2.44 bits per heavy atom. The van der Waals surface area contributed by atoms with Gasteiger partial charge >= 0.3 is 0 Å². The number of hydrogen-bond donors (Lipinski definition) is 1. The highest BCUT2D eigenvalue weighted by atomic mass is 14.8. The molecule has 0 spiro atoms. The lowest BCUT2D eigenvalue weighted by atomic mass is 10.2. The molecule has 0 aromatic carbocycles. The van der Waals surface area contributed by atoms with Gasteiger partial charge in [0.15, 0.2) is 0 Å². The maximum Gasteiger partial charge on any atom is 0.123 e. The van der Waals surface area contributed by atoms with Gasteiger partial charge in [0.25, 0.3) is 0 Å². The summed E-state index contributed by atoms with van der Waals surface area (Å²) in [5, 5.41) is 0. The molecule has 0 fully saturated rings. The van der Waals surface area contributed by atoms with Gasteiger partial charge in [0.1, 0.15) is 5.84 Å². The van der Waals surface area contributed by atoms with Crippen molar-refractivity contribution in [2.45, 2.75) is 13.3 Å². The van der Waals surface area contributed by atoms with Crippen molar-refractivity contribution in [3.8, 4) is 0 Å². The van der Waals surface area contributed by atoms with Crippen LogP contribution in [-0.4, -0.2) is 5.84 Å². The average molecular weight is 122 g/mol. The van der Waals surface area contributed by atoms with Crippen LogP contribution < -0.4 is 5.73 Å². The molecule has 1 aliphatic heterocycles. The van der Waals surface area contributed by atoms with Crippen LogP contribution in [0.5, 0.6) is 0 Å². The predicted octanol–water partition coefficient (Wildman–Crippen LogP) is 1.21. The van der Waals surface area contributed by atoms with Gasteiger partial charge in [-0.15, -0.1) is 0 Å². The molecule has 2 N–H and O–H groups in total. The summed E-state index contributed by atoms with van der Waals surface area (Å²) in [6.07, 6.45) is 6.58. The summed E-state index contributed by atoms with van der Waals surface area (Å²) < 4.78 is 0. The second-order valence-electron chi connectivity index (χ2n) is 2.13. The summed E-state index contributed by atoms with van der Waals surface area (Å²) in [5.41, 5.74) is 6.70. The predicted molar refractivity (Wildman–Crippen MR) is 39.1 cm³/mol. The second kappa shape index (κ2) is 2.49. The minimum atomic E-state index is 0.598. The maximum absolute atomic E-state index is 5.45. The molecule has 0 amide bonds. The molecule has 0 radical (unpaired) electrons. The number of hydrogen-bond acceptors (Lipinski definition) is 2. The summed E-state index contributed by atoms with van der Waals surface area (Å²) in [7, 11) is 0. The molecule has 2 nitrogen and oxygen atoms in total. The van der Waals surface area contributed by atoms with Crippen LogP contribution >= 0.6 is 0 Å². The smallest absolute Gasteiger partial charge is 0.123 e. The molecule has 0 atom stereocenters. The molecule has 0 unspecified atom stereocenters. The first kappa shape index (κ1) is 6.08. The van der Waals surface area contributed by atoms with Crippen molar-refractivity contribution < 1.29 is 0 Å². The first-order chi connectivity index (χ1) is 4.29. The summed E-state index contributed by atoms with van der Waals surface area (Å²) >= 11 is 0. The highest BCUT2D eigenvalue weighted by Gasteiger charge is 1.91. The Labute approximate surface area is 54.8 Å². The van der Waals surface area contributed by atoms with Crippen LogP contribution in [0.15, 0.2) is 28.9 Å². The van der Waals surface area contributed by atoms with E-state index in [1.54, 1.807) is 6.20 Å². The van der Waals surface area contributed by atoms with Crippen LogP contribution in [0.25, 0.3) is 0 Å². The van der Waals surface area contributed by atoms with Crippen molar-refractivity contribution >= 4 is 5.84 Å². The van der Waals surface area contributed by atoms with Crippen molar-refractivity contribution in [3.05, 3.63) is 23.9 Å². The Morgan fingerprint density at radius 1 is 1.67 bits per heavy atom. The molecule has 1 heterocycles. The normalized spacial score (nSPS) is 18.3. The van der Waals surface area contributed by atoms with Gasteiger partial charge in [0, 0.05) is 6.20 Å². The monoisotopic (exact) mass is 122 g/mol. The lowest BCUT2D eigenvalue weighted by Gasteiger charge is -1.89. The topological polar surface area (TPSA) is 38.4 Å². The maximum atomic E-state index is 5.45. The third kappa shape index (κ3) is 1.72. The average Bonchev–Trinajstić information content (AvgIpc) is 1.93. The Morgan fingerprint density at radius 3 is 3.22 bits per heavy atom. The number of amidine groups is 1. The number of aliphatic imine (C=N–C) groups is 1. The van der Waals surface area contributed by atoms with Crippen LogP contribution in [-0.2, 0) is 0 Å². The van der Waals surface area contributed by atoms with Gasteiger partial charge in [-0.3, -0.25) is 0 Å². The van der Waals surface area contributed by atoms with E-state index in [4.69, 9.17) is 5.73 Å². The van der Waals surface area contributed by atoms with Crippen LogP contribution in [0.1, 0.15) is 13.3 Å². The van der Waals surface area contributed by atoms with Crippen molar-refractivity contribution in [2.24, 2.45) is 10.7 Å². The van der Waals surface area contributed by atoms with Crippen LogP contribution in [0, 0.1) is 0 Å². The molecule has 1 rings (SSSR count). The molecule has 9 heavy (non-hydrogen) atoms. The van der Waals surface area contributed by atoms with E-state index in [2.05, 4.69) is 4.99 Å². The van der Waals surface area contributed by atoms with E-state index in [0.29, 0.717) is 5.84 Å². The number of allylic oxidation sites excluding steroid dienone is 2. The Bertz CT molecular complexity index is 187. The van der Waals surface area contributed by atoms with E-state index >= 15 is 0 Å². The van der Waals surface area contributed by atoms with Gasteiger partial charge in [0.2, 0.25) is 0 Å². The minimum absolute atomic E-state index is 0.598. The van der Waals surface area contributed by atoms with Gasteiger partial charge in [-0.2, -0.15) is 0 Å². The van der Waals surface area contributed by atoms with E-state index in [1.807, 2.05) is 19.1 Å². The summed E-state index contributed by atoms with van der Waals surface area (Å²) in [6, 6.07) is 0. The van der Waals surface area contributed by atoms with E-state index in [9.17, 15) is 0 Å². The summed E-state index contributed by atoms with van der Waals surface area (Å²) in [4.78, 5) is 3.91. The second-order valence-corrected chi connectivity index (χ2v) is 2.13. The molecule has 0 aromatic heterocycles. The zero-order chi connectivity index (χ0) is 6.69. The highest BCUT2D eigenvalue weighted by Crippen LogP contribution is 2.03. The third-order valence-corrected chi connectivity index (χ3v) is 1.16. The molecule has 1 aliphatic rings. The van der Waals surface area contributed by atoms with E-state index in [0.717, 1.165) is 6.42 Å². The molecule has 0 aliphatic carbocycles. The quantitative estimate of drug-likeness (QED) is 0.515. The van der Waals surface area contributed by atoms with Crippen molar-refractivity contribution in [3.63, 3.8) is 0 Å². The van der Waals surface area contributed by atoms with Gasteiger partial charge < -0.3 is 5.73 Å². The number of nitrogens with two attached hydrogens (primary N) is 1. The van der Waals surface area contributed by atoms with Crippen molar-refractivity contribution in [1.29, 1.82) is 0 Å². The molecule has 48 valence electrons. The van der Waals surface area contributed by atoms with Crippen molar-refractivity contribution in [1.82, 2.24) is 0 Å². The molecule has 0 aromatic rings. The Balaban J connectivity index is 2.82. The van der Waals surface area contributed by atoms with Gasteiger partial charge in [-0.1, -0.05) is 11.6 Å². The zero-order valence-corrected chi connectivity index (χ0v) is 5.46.